The van der Waals surface area contributed by atoms with Crippen molar-refractivity contribution in [3.8, 4) is 0 Å². The van der Waals surface area contributed by atoms with Gasteiger partial charge in [-0.05, 0) is 52.3 Å². The normalized spacial score (nSPS) is 13.9. The van der Waals surface area contributed by atoms with Crippen LogP contribution in [-0.4, -0.2) is 16.7 Å². The third-order valence-corrected chi connectivity index (χ3v) is 4.38. The number of amides is 1. The van der Waals surface area contributed by atoms with Crippen LogP contribution in [-0.2, 0) is 4.79 Å². The molecule has 1 aliphatic carbocycles. The van der Waals surface area contributed by atoms with Crippen molar-refractivity contribution in [1.29, 1.82) is 0 Å². The summed E-state index contributed by atoms with van der Waals surface area (Å²) >= 11 is 0. The predicted molar refractivity (Wildman–Crippen MR) is 101 cm³/mol. The Morgan fingerprint density at radius 2 is 1.73 bits per heavy atom. The smallest absolute Gasteiger partial charge is 0.255 e. The largest absolute Gasteiger partial charge is 0.319 e. The van der Waals surface area contributed by atoms with Crippen LogP contribution in [0.2, 0.25) is 0 Å². The summed E-state index contributed by atoms with van der Waals surface area (Å²) in [4.78, 5) is 28.8. The lowest BCUT2D eigenvalue weighted by Gasteiger charge is -2.14. The number of carbonyl (C=O) groups is 2. The van der Waals surface area contributed by atoms with Crippen LogP contribution < -0.4 is 5.32 Å². The van der Waals surface area contributed by atoms with E-state index < -0.39 is 0 Å². The number of nitrogens with zero attached hydrogens (tertiary/aromatic N) is 1. The summed E-state index contributed by atoms with van der Waals surface area (Å²) in [5.41, 5.74) is 2.71. The first-order valence-corrected chi connectivity index (χ1v) is 8.36. The van der Waals surface area contributed by atoms with Gasteiger partial charge >= 0.3 is 0 Å². The van der Waals surface area contributed by atoms with Crippen LogP contribution in [0.3, 0.4) is 0 Å². The molecule has 0 radical (unpaired) electrons. The molecule has 0 saturated heterocycles. The predicted octanol–water partition coefficient (Wildman–Crippen LogP) is 3.90. The van der Waals surface area contributed by atoms with Crippen molar-refractivity contribution in [2.75, 3.05) is 0 Å². The molecule has 1 aliphatic rings. The zero-order valence-corrected chi connectivity index (χ0v) is 14.0. The molecule has 0 aliphatic heterocycles. The Hall–Kier alpha value is -3.53. The van der Waals surface area contributed by atoms with Crippen molar-refractivity contribution in [3.63, 3.8) is 0 Å². The molecule has 1 N–H and O–H groups in total. The zero-order valence-electron chi connectivity index (χ0n) is 14.0. The summed E-state index contributed by atoms with van der Waals surface area (Å²) in [5.74, 6) is -0.386. The molecular weight excluding hydrogens is 324 g/mol. The number of carbonyl (C=O) groups excluding carboxylic acids is 2. The summed E-state index contributed by atoms with van der Waals surface area (Å²) < 4.78 is 0. The van der Waals surface area contributed by atoms with Crippen molar-refractivity contribution in [2.45, 2.75) is 6.42 Å². The van der Waals surface area contributed by atoms with Crippen molar-refractivity contribution >= 4 is 28.0 Å². The molecule has 0 bridgehead atoms. The Labute approximate surface area is 150 Å². The number of aromatic nitrogens is 1. The summed E-state index contributed by atoms with van der Waals surface area (Å²) in [6.45, 7) is 0. The van der Waals surface area contributed by atoms with Crippen LogP contribution in [0.25, 0.3) is 16.3 Å². The van der Waals surface area contributed by atoms with Gasteiger partial charge in [-0.25, -0.2) is 0 Å². The molecule has 2 aromatic carbocycles. The lowest BCUT2D eigenvalue weighted by molar-refractivity contribution is -0.115. The average molecular weight is 340 g/mol. The van der Waals surface area contributed by atoms with E-state index >= 15 is 0 Å². The van der Waals surface area contributed by atoms with Gasteiger partial charge in [0.2, 0.25) is 0 Å². The van der Waals surface area contributed by atoms with E-state index in [1.54, 1.807) is 24.5 Å². The van der Waals surface area contributed by atoms with Crippen molar-refractivity contribution in [3.05, 3.63) is 96.0 Å². The van der Waals surface area contributed by atoms with E-state index in [1.165, 1.54) is 0 Å². The molecule has 1 aromatic heterocycles. The van der Waals surface area contributed by atoms with Crippen LogP contribution >= 0.6 is 0 Å². The van der Waals surface area contributed by atoms with E-state index in [2.05, 4.69) is 10.3 Å². The first kappa shape index (κ1) is 16.0. The van der Waals surface area contributed by atoms with Crippen LogP contribution in [0.15, 0.2) is 84.8 Å². The quantitative estimate of drug-likeness (QED) is 0.786. The number of hydrogen-bond acceptors (Lipinski definition) is 3. The second kappa shape index (κ2) is 6.76. The van der Waals surface area contributed by atoms with E-state index in [-0.39, 0.29) is 18.1 Å². The molecule has 4 heteroatoms. The first-order chi connectivity index (χ1) is 12.7. The zero-order chi connectivity index (χ0) is 17.9. The Morgan fingerprint density at radius 3 is 2.54 bits per heavy atom. The molecule has 0 saturated carbocycles. The van der Waals surface area contributed by atoms with Crippen molar-refractivity contribution in [1.82, 2.24) is 10.3 Å². The minimum atomic E-state index is -0.286. The van der Waals surface area contributed by atoms with Crippen LogP contribution in [0.5, 0.6) is 0 Å². The molecule has 0 spiro atoms. The maximum atomic E-state index is 12.6. The van der Waals surface area contributed by atoms with Gasteiger partial charge in [0, 0.05) is 24.4 Å². The topological polar surface area (TPSA) is 59.1 Å². The highest BCUT2D eigenvalue weighted by Crippen LogP contribution is 2.22. The molecule has 126 valence electrons. The van der Waals surface area contributed by atoms with Gasteiger partial charge in [-0.2, -0.15) is 0 Å². The van der Waals surface area contributed by atoms with E-state index in [4.69, 9.17) is 0 Å². The summed E-state index contributed by atoms with van der Waals surface area (Å²) in [5, 5.41) is 4.82. The Kier molecular flexibility index (Phi) is 4.15. The summed E-state index contributed by atoms with van der Waals surface area (Å²) in [6, 6.07) is 17.1. The SMILES string of the molecule is O=C1CC=C(c2ccncc2)C=C1NC(=O)c1ccc2ccccc2c1. The molecule has 0 atom stereocenters. The van der Waals surface area contributed by atoms with E-state index in [1.807, 2.05) is 54.6 Å². The minimum absolute atomic E-state index is 0.100. The highest BCUT2D eigenvalue weighted by molar-refractivity contribution is 6.08. The van der Waals surface area contributed by atoms with E-state index in [9.17, 15) is 9.59 Å². The monoisotopic (exact) mass is 340 g/mol. The summed E-state index contributed by atoms with van der Waals surface area (Å²) in [7, 11) is 0. The lowest BCUT2D eigenvalue weighted by Crippen LogP contribution is -2.28. The maximum Gasteiger partial charge on any atom is 0.255 e. The van der Waals surface area contributed by atoms with Gasteiger partial charge in [0.05, 0.1) is 5.70 Å². The van der Waals surface area contributed by atoms with Crippen LogP contribution in [0, 0.1) is 0 Å². The number of hydrogen-bond donors (Lipinski definition) is 1. The number of pyridine rings is 1. The molecule has 1 amide bonds. The molecular formula is C22H16N2O2. The third kappa shape index (κ3) is 3.17. The number of Topliss-reactive ketones (excluding diaryl/α,β-unsaturated/α-hetero) is 1. The standard InChI is InChI=1S/C22H16N2O2/c25-21-8-7-18(16-9-11-23-12-10-16)14-20(21)24-22(26)19-6-5-15-3-1-2-4-17(15)13-19/h1-7,9-14H,8H2,(H,24,26). The molecule has 1 heterocycles. The van der Waals surface area contributed by atoms with Gasteiger partial charge in [-0.3, -0.25) is 14.6 Å². The van der Waals surface area contributed by atoms with Crippen molar-refractivity contribution in [2.24, 2.45) is 0 Å². The van der Waals surface area contributed by atoms with Crippen molar-refractivity contribution < 1.29 is 9.59 Å². The van der Waals surface area contributed by atoms with Gasteiger partial charge in [0.15, 0.2) is 5.78 Å². The number of nitrogens with one attached hydrogen (secondary N) is 1. The molecule has 0 unspecified atom stereocenters. The van der Waals surface area contributed by atoms with Crippen LogP contribution in [0.4, 0.5) is 0 Å². The second-order valence-electron chi connectivity index (χ2n) is 6.10. The fourth-order valence-electron chi connectivity index (χ4n) is 2.98. The number of fused-ring (bicyclic) bond motifs is 1. The molecule has 26 heavy (non-hydrogen) atoms. The average Bonchev–Trinajstić information content (AvgIpc) is 2.70. The fraction of sp³-hybridized carbons (Fsp3) is 0.0455. The van der Waals surface area contributed by atoms with Gasteiger partial charge in [-0.15, -0.1) is 0 Å². The Bertz CT molecular complexity index is 1070. The van der Waals surface area contributed by atoms with Gasteiger partial charge in [-0.1, -0.05) is 36.4 Å². The highest BCUT2D eigenvalue weighted by atomic mass is 16.2. The molecule has 3 aromatic rings. The minimum Gasteiger partial charge on any atom is -0.319 e. The van der Waals surface area contributed by atoms with Gasteiger partial charge < -0.3 is 5.32 Å². The Balaban J connectivity index is 1.60. The fourth-order valence-corrected chi connectivity index (χ4v) is 2.98. The van der Waals surface area contributed by atoms with Gasteiger partial charge in [0.25, 0.3) is 5.91 Å². The number of rotatable bonds is 3. The molecule has 4 rings (SSSR count). The lowest BCUT2D eigenvalue weighted by atomic mass is 9.97. The van der Waals surface area contributed by atoms with Gasteiger partial charge in [0.1, 0.15) is 0 Å². The first-order valence-electron chi connectivity index (χ1n) is 8.36. The third-order valence-electron chi connectivity index (χ3n) is 4.38. The molecule has 4 nitrogen and oxygen atoms in total. The maximum absolute atomic E-state index is 12.6. The van der Waals surface area contributed by atoms with Crippen LogP contribution in [0.1, 0.15) is 22.3 Å². The number of ketones is 1. The molecule has 0 fully saturated rings. The number of allylic oxidation sites excluding steroid dienone is 4. The van der Waals surface area contributed by atoms with E-state index in [0.29, 0.717) is 11.3 Å². The van der Waals surface area contributed by atoms with E-state index in [0.717, 1.165) is 21.9 Å². The second-order valence-corrected chi connectivity index (χ2v) is 6.10. The highest BCUT2D eigenvalue weighted by Gasteiger charge is 2.18. The number of benzene rings is 2. The Morgan fingerprint density at radius 1 is 0.962 bits per heavy atom. The summed E-state index contributed by atoms with van der Waals surface area (Å²) in [6.07, 6.45) is 7.26.